The maximum Gasteiger partial charge on any atom is 0.0547 e. The lowest BCUT2D eigenvalue weighted by Crippen LogP contribution is -2.11. The van der Waals surface area contributed by atoms with E-state index in [1.54, 1.807) is 0 Å². The van der Waals surface area contributed by atoms with Crippen molar-refractivity contribution in [3.05, 3.63) is 291 Å². The van der Waals surface area contributed by atoms with Gasteiger partial charge in [-0.2, -0.15) is 0 Å². The molecule has 0 aliphatic carbocycles. The van der Waals surface area contributed by atoms with E-state index in [0.29, 0.717) is 0 Å². The van der Waals surface area contributed by atoms with Gasteiger partial charge in [-0.25, -0.2) is 0 Å². The number of anilines is 3. The van der Waals surface area contributed by atoms with Gasteiger partial charge in [0.25, 0.3) is 0 Å². The van der Waals surface area contributed by atoms with Gasteiger partial charge in [-0.1, -0.05) is 237 Å². The van der Waals surface area contributed by atoms with Crippen molar-refractivity contribution in [3.63, 3.8) is 0 Å². The SMILES string of the molecule is c1ccc(-c2ccc(N(c3ccc(-c4ccc(-c5cccc6ccccc56)cc4)cc3)c3ccccc3-c3cccc(-c4cccc5c4c4ccccc4n5-c4cc5ccccc5c5ccccc45)c3)cc2)cc1. The van der Waals surface area contributed by atoms with Crippen LogP contribution in [0.1, 0.15) is 0 Å². The Kier molecular flexibility index (Phi) is 10.6. The van der Waals surface area contributed by atoms with Crippen molar-refractivity contribution < 1.29 is 0 Å². The fraction of sp³-hybridized carbons (Fsp3) is 0. The summed E-state index contributed by atoms with van der Waals surface area (Å²) in [6.45, 7) is 0. The number of aromatic nitrogens is 1. The Morgan fingerprint density at radius 3 is 1.45 bits per heavy atom. The lowest BCUT2D eigenvalue weighted by atomic mass is 9.94. The molecule has 1 heterocycles. The van der Waals surface area contributed by atoms with Gasteiger partial charge < -0.3 is 9.47 Å². The van der Waals surface area contributed by atoms with Crippen LogP contribution >= 0.6 is 0 Å². The molecule has 1 aromatic heterocycles. The van der Waals surface area contributed by atoms with Gasteiger partial charge in [0, 0.05) is 33.1 Å². The molecule has 0 saturated heterocycles. The largest absolute Gasteiger partial charge is 0.310 e. The number of rotatable bonds is 9. The van der Waals surface area contributed by atoms with E-state index >= 15 is 0 Å². The smallest absolute Gasteiger partial charge is 0.0547 e. The van der Waals surface area contributed by atoms with E-state index < -0.39 is 0 Å². The molecule has 346 valence electrons. The van der Waals surface area contributed by atoms with E-state index in [1.807, 2.05) is 0 Å². The molecule has 0 spiro atoms. The molecule has 0 aliphatic rings. The van der Waals surface area contributed by atoms with Crippen LogP contribution in [0.2, 0.25) is 0 Å². The molecule has 0 bridgehead atoms. The second kappa shape index (κ2) is 18.1. The maximum absolute atomic E-state index is 2.48. The topological polar surface area (TPSA) is 8.17 Å². The summed E-state index contributed by atoms with van der Waals surface area (Å²) in [6.07, 6.45) is 0. The van der Waals surface area contributed by atoms with E-state index in [9.17, 15) is 0 Å². The molecule has 14 rings (SSSR count). The average Bonchev–Trinajstić information content (AvgIpc) is 3.83. The van der Waals surface area contributed by atoms with Gasteiger partial charge in [-0.15, -0.1) is 0 Å². The van der Waals surface area contributed by atoms with Crippen LogP contribution in [0.3, 0.4) is 0 Å². The van der Waals surface area contributed by atoms with E-state index in [-0.39, 0.29) is 0 Å². The highest BCUT2D eigenvalue weighted by atomic mass is 15.1. The molecule has 0 atom stereocenters. The summed E-state index contributed by atoms with van der Waals surface area (Å²) in [6, 6.07) is 106. The van der Waals surface area contributed by atoms with Crippen LogP contribution in [0.25, 0.3) is 115 Å². The fourth-order valence-electron chi connectivity index (χ4n) is 11.5. The third-order valence-corrected chi connectivity index (χ3v) is 15.0. The second-order valence-corrected chi connectivity index (χ2v) is 19.2. The van der Waals surface area contributed by atoms with Crippen molar-refractivity contribution in [3.8, 4) is 61.3 Å². The molecule has 0 aliphatic heterocycles. The van der Waals surface area contributed by atoms with Gasteiger partial charge in [0.15, 0.2) is 0 Å². The van der Waals surface area contributed by atoms with Crippen LogP contribution in [-0.2, 0) is 0 Å². The molecule has 0 unspecified atom stereocenters. The number of benzene rings is 13. The van der Waals surface area contributed by atoms with Crippen molar-refractivity contribution in [2.45, 2.75) is 0 Å². The minimum absolute atomic E-state index is 1.08. The molecule has 2 nitrogen and oxygen atoms in total. The fourth-order valence-corrected chi connectivity index (χ4v) is 11.5. The first-order chi connectivity index (χ1) is 36.7. The van der Waals surface area contributed by atoms with Gasteiger partial charge >= 0.3 is 0 Å². The second-order valence-electron chi connectivity index (χ2n) is 19.2. The van der Waals surface area contributed by atoms with E-state index in [4.69, 9.17) is 0 Å². The summed E-state index contributed by atoms with van der Waals surface area (Å²) in [5.41, 5.74) is 18.7. The highest BCUT2D eigenvalue weighted by Crippen LogP contribution is 2.45. The molecule has 0 amide bonds. The lowest BCUT2D eigenvalue weighted by Gasteiger charge is -2.28. The normalized spacial score (nSPS) is 11.5. The molecule has 2 heteroatoms. The number of fused-ring (bicyclic) bond motifs is 7. The Bertz CT molecular complexity index is 4390. The Hall–Kier alpha value is -9.76. The van der Waals surface area contributed by atoms with Crippen LogP contribution in [-0.4, -0.2) is 4.57 Å². The van der Waals surface area contributed by atoms with E-state index in [0.717, 1.165) is 28.2 Å². The van der Waals surface area contributed by atoms with Gasteiger partial charge in [-0.05, 0) is 132 Å². The zero-order valence-corrected chi connectivity index (χ0v) is 40.6. The van der Waals surface area contributed by atoms with Crippen molar-refractivity contribution in [2.75, 3.05) is 4.90 Å². The Balaban J connectivity index is 0.875. The van der Waals surface area contributed by atoms with Gasteiger partial charge in [-0.3, -0.25) is 0 Å². The average molecular weight is 941 g/mol. The molecular formula is C72H48N2. The number of para-hydroxylation sites is 2. The number of hydrogen-bond donors (Lipinski definition) is 0. The molecule has 14 aromatic rings. The Morgan fingerprint density at radius 1 is 0.243 bits per heavy atom. The first kappa shape index (κ1) is 43.1. The predicted molar refractivity (Wildman–Crippen MR) is 315 cm³/mol. The van der Waals surface area contributed by atoms with Crippen LogP contribution in [0, 0.1) is 0 Å². The quantitative estimate of drug-likeness (QED) is 0.131. The first-order valence-electron chi connectivity index (χ1n) is 25.5. The molecule has 0 radical (unpaired) electrons. The minimum Gasteiger partial charge on any atom is -0.310 e. The Morgan fingerprint density at radius 2 is 0.703 bits per heavy atom. The van der Waals surface area contributed by atoms with Crippen LogP contribution < -0.4 is 4.90 Å². The molecule has 74 heavy (non-hydrogen) atoms. The lowest BCUT2D eigenvalue weighted by molar-refractivity contribution is 1.20. The molecule has 0 fully saturated rings. The zero-order valence-electron chi connectivity index (χ0n) is 40.6. The summed E-state index contributed by atoms with van der Waals surface area (Å²) >= 11 is 0. The third kappa shape index (κ3) is 7.43. The molecular weight excluding hydrogens is 893 g/mol. The van der Waals surface area contributed by atoms with Crippen LogP contribution in [0.5, 0.6) is 0 Å². The van der Waals surface area contributed by atoms with Crippen molar-refractivity contribution >= 4 is 71.2 Å². The highest BCUT2D eigenvalue weighted by molar-refractivity contribution is 6.18. The Labute approximate surface area is 430 Å². The molecule has 0 saturated carbocycles. The van der Waals surface area contributed by atoms with Gasteiger partial charge in [0.1, 0.15) is 0 Å². The zero-order chi connectivity index (χ0) is 49.0. The van der Waals surface area contributed by atoms with Crippen LogP contribution in [0.15, 0.2) is 291 Å². The number of hydrogen-bond acceptors (Lipinski definition) is 1. The maximum atomic E-state index is 2.48. The minimum atomic E-state index is 1.08. The van der Waals surface area contributed by atoms with Gasteiger partial charge in [0.2, 0.25) is 0 Å². The third-order valence-electron chi connectivity index (χ3n) is 15.0. The summed E-state index contributed by atoms with van der Waals surface area (Å²) in [5, 5.41) is 9.99. The van der Waals surface area contributed by atoms with Crippen molar-refractivity contribution in [1.29, 1.82) is 0 Å². The van der Waals surface area contributed by atoms with E-state index in [2.05, 4.69) is 301 Å². The standard InChI is InChI=1S/C72H48N2/c1-2-17-49(18-3-1)51-39-43-58(44-40-51)73(59-45-41-52(42-46-59)50-35-37-54(38-36-50)61-30-15-21-53-19-4-6-24-60(53)61)68-32-12-10-26-63(68)55-22-14-23-56(47-55)64-31-16-34-70-72(64)67-29-11-13-33-69(67)74(70)71-48-57-20-5-7-25-62(57)65-27-8-9-28-66(65)71/h1-48H. The summed E-state index contributed by atoms with van der Waals surface area (Å²) in [5.74, 6) is 0. The van der Waals surface area contributed by atoms with Crippen molar-refractivity contribution in [2.24, 2.45) is 0 Å². The highest BCUT2D eigenvalue weighted by Gasteiger charge is 2.21. The van der Waals surface area contributed by atoms with Crippen LogP contribution in [0.4, 0.5) is 17.1 Å². The molecule has 13 aromatic carbocycles. The summed E-state index contributed by atoms with van der Waals surface area (Å²) < 4.78 is 2.48. The predicted octanol–water partition coefficient (Wildman–Crippen LogP) is 20.0. The van der Waals surface area contributed by atoms with Gasteiger partial charge in [0.05, 0.1) is 22.4 Å². The molecule has 0 N–H and O–H groups in total. The monoisotopic (exact) mass is 940 g/mol. The first-order valence-corrected chi connectivity index (χ1v) is 25.5. The number of nitrogens with zero attached hydrogens (tertiary/aromatic N) is 2. The summed E-state index contributed by atoms with van der Waals surface area (Å²) in [7, 11) is 0. The van der Waals surface area contributed by atoms with E-state index in [1.165, 1.54) is 104 Å². The van der Waals surface area contributed by atoms with Crippen molar-refractivity contribution in [1.82, 2.24) is 4.57 Å². The summed E-state index contributed by atoms with van der Waals surface area (Å²) in [4.78, 5) is 2.41.